The van der Waals surface area contributed by atoms with Crippen molar-refractivity contribution in [1.82, 2.24) is 20.2 Å². The molecule has 2 rings (SSSR count). The maximum Gasteiger partial charge on any atom is 0.311 e. The molecule has 0 radical (unpaired) electrons. The molecular weight excluding hydrogens is 260 g/mol. The maximum absolute atomic E-state index is 11.7. The number of carbonyl (C=O) groups is 1. The molecule has 1 N–H and O–H groups in total. The summed E-state index contributed by atoms with van der Waals surface area (Å²) in [5.41, 5.74) is -0.811. The predicted molar refractivity (Wildman–Crippen MR) is 71.3 cm³/mol. The van der Waals surface area contributed by atoms with Gasteiger partial charge in [-0.15, -0.1) is 5.10 Å². The number of aromatic nitrogens is 4. The Morgan fingerprint density at radius 2 is 2.20 bits per heavy atom. The minimum Gasteiger partial charge on any atom is -0.481 e. The van der Waals surface area contributed by atoms with Crippen molar-refractivity contribution in [3.8, 4) is 0 Å². The molecule has 1 aliphatic rings. The fourth-order valence-electron chi connectivity index (χ4n) is 2.73. The molecule has 7 nitrogen and oxygen atoms in total. The first-order valence-electron chi connectivity index (χ1n) is 7.16. The minimum absolute atomic E-state index is 0.237. The van der Waals surface area contributed by atoms with Crippen LogP contribution in [0.3, 0.4) is 0 Å². The molecule has 0 bridgehead atoms. The van der Waals surface area contributed by atoms with E-state index < -0.39 is 11.4 Å². The van der Waals surface area contributed by atoms with Crippen molar-refractivity contribution in [1.29, 1.82) is 0 Å². The van der Waals surface area contributed by atoms with Gasteiger partial charge in [-0.05, 0) is 29.7 Å². The van der Waals surface area contributed by atoms with Crippen molar-refractivity contribution in [3.05, 3.63) is 5.82 Å². The summed E-state index contributed by atoms with van der Waals surface area (Å²) in [5.74, 6) is 0.227. The first-order chi connectivity index (χ1) is 9.59. The molecule has 1 aromatic rings. The molecule has 7 heteroatoms. The summed E-state index contributed by atoms with van der Waals surface area (Å²) in [6.07, 6.45) is 3.04. The Morgan fingerprint density at radius 3 is 2.80 bits per heavy atom. The second-order valence-corrected chi connectivity index (χ2v) is 5.58. The van der Waals surface area contributed by atoms with E-state index in [0.717, 1.165) is 18.7 Å². The van der Waals surface area contributed by atoms with Gasteiger partial charge >= 0.3 is 5.97 Å². The van der Waals surface area contributed by atoms with E-state index in [9.17, 15) is 9.90 Å². The number of tetrazole rings is 1. The van der Waals surface area contributed by atoms with Crippen LogP contribution < -0.4 is 0 Å². The van der Waals surface area contributed by atoms with Crippen molar-refractivity contribution in [2.75, 3.05) is 13.2 Å². The fraction of sp³-hybridized carbons (Fsp3) is 0.846. The van der Waals surface area contributed by atoms with Gasteiger partial charge in [-0.2, -0.15) is 0 Å². The van der Waals surface area contributed by atoms with Gasteiger partial charge in [0, 0.05) is 19.1 Å². The lowest BCUT2D eigenvalue weighted by Crippen LogP contribution is -2.41. The third-order valence-electron chi connectivity index (χ3n) is 4.08. The Hall–Kier alpha value is -1.50. The summed E-state index contributed by atoms with van der Waals surface area (Å²) in [5, 5.41) is 21.4. The minimum atomic E-state index is -0.811. The molecule has 0 spiro atoms. The van der Waals surface area contributed by atoms with Crippen molar-refractivity contribution >= 4 is 5.97 Å². The highest BCUT2D eigenvalue weighted by Gasteiger charge is 2.41. The van der Waals surface area contributed by atoms with Gasteiger partial charge in [0.15, 0.2) is 5.82 Å². The Bertz CT molecular complexity index is 454. The average Bonchev–Trinajstić information content (AvgIpc) is 2.88. The molecule has 0 amide bonds. The second kappa shape index (κ2) is 6.30. The summed E-state index contributed by atoms with van der Waals surface area (Å²) in [7, 11) is 0. The first kappa shape index (κ1) is 14.9. The number of rotatable bonds is 6. The second-order valence-electron chi connectivity index (χ2n) is 5.58. The van der Waals surface area contributed by atoms with E-state index in [-0.39, 0.29) is 5.92 Å². The van der Waals surface area contributed by atoms with E-state index in [2.05, 4.69) is 29.4 Å². The Kier molecular flexibility index (Phi) is 4.69. The Labute approximate surface area is 118 Å². The highest BCUT2D eigenvalue weighted by atomic mass is 16.5. The number of carboxylic acid groups (broad SMARTS) is 1. The van der Waals surface area contributed by atoms with E-state index in [0.29, 0.717) is 32.6 Å². The Morgan fingerprint density at radius 1 is 1.50 bits per heavy atom. The molecule has 1 fully saturated rings. The number of aliphatic carboxylic acids is 1. The summed E-state index contributed by atoms with van der Waals surface area (Å²) in [6.45, 7) is 5.47. The van der Waals surface area contributed by atoms with E-state index >= 15 is 0 Å². The normalized spacial score (nSPS) is 19.7. The van der Waals surface area contributed by atoms with Crippen LogP contribution in [0.15, 0.2) is 0 Å². The lowest BCUT2D eigenvalue weighted by molar-refractivity contribution is -0.156. The summed E-state index contributed by atoms with van der Waals surface area (Å²) >= 11 is 0. The van der Waals surface area contributed by atoms with Gasteiger partial charge in [-0.1, -0.05) is 20.3 Å². The van der Waals surface area contributed by atoms with Gasteiger partial charge in [0.2, 0.25) is 0 Å². The molecule has 1 atom stereocenters. The zero-order valence-electron chi connectivity index (χ0n) is 12.1. The van der Waals surface area contributed by atoms with E-state index in [4.69, 9.17) is 4.74 Å². The van der Waals surface area contributed by atoms with Crippen LogP contribution in [-0.4, -0.2) is 44.5 Å². The molecule has 0 aliphatic carbocycles. The molecule has 1 saturated heterocycles. The SMILES string of the molecule is CCCC(C)c1nnnn1CC1(C(=O)O)CCOCC1. The van der Waals surface area contributed by atoms with Crippen molar-refractivity contribution < 1.29 is 14.6 Å². The predicted octanol–water partition coefficient (Wildman–Crippen LogP) is 1.46. The summed E-state index contributed by atoms with van der Waals surface area (Å²) < 4.78 is 6.95. The largest absolute Gasteiger partial charge is 0.481 e. The van der Waals surface area contributed by atoms with Crippen LogP contribution in [0.25, 0.3) is 0 Å². The first-order valence-corrected chi connectivity index (χ1v) is 7.16. The molecule has 112 valence electrons. The van der Waals surface area contributed by atoms with E-state index in [1.165, 1.54) is 0 Å². The molecule has 0 saturated carbocycles. The van der Waals surface area contributed by atoms with Gasteiger partial charge < -0.3 is 9.84 Å². The average molecular weight is 282 g/mol. The molecule has 1 aromatic heterocycles. The number of ether oxygens (including phenoxy) is 1. The molecule has 1 unspecified atom stereocenters. The lowest BCUT2D eigenvalue weighted by atomic mass is 9.80. The molecule has 2 heterocycles. The molecule has 1 aliphatic heterocycles. The summed E-state index contributed by atoms with van der Waals surface area (Å²) in [4.78, 5) is 11.7. The number of carboxylic acids is 1. The van der Waals surface area contributed by atoms with Crippen LogP contribution in [0.5, 0.6) is 0 Å². The number of hydrogen-bond acceptors (Lipinski definition) is 5. The number of nitrogens with zero attached hydrogens (tertiary/aromatic N) is 4. The van der Waals surface area contributed by atoms with Crippen molar-refractivity contribution in [3.63, 3.8) is 0 Å². The topological polar surface area (TPSA) is 90.1 Å². The van der Waals surface area contributed by atoms with Crippen LogP contribution in [0.1, 0.15) is 51.3 Å². The smallest absolute Gasteiger partial charge is 0.311 e. The van der Waals surface area contributed by atoms with Crippen LogP contribution >= 0.6 is 0 Å². The zero-order valence-corrected chi connectivity index (χ0v) is 12.1. The molecule has 0 aromatic carbocycles. The number of hydrogen-bond donors (Lipinski definition) is 1. The zero-order chi connectivity index (χ0) is 14.6. The molecular formula is C13H22N4O3. The van der Waals surface area contributed by atoms with Crippen LogP contribution in [0.4, 0.5) is 0 Å². The van der Waals surface area contributed by atoms with Crippen LogP contribution in [0.2, 0.25) is 0 Å². The van der Waals surface area contributed by atoms with Gasteiger partial charge in [0.1, 0.15) is 0 Å². The quantitative estimate of drug-likeness (QED) is 0.849. The van der Waals surface area contributed by atoms with Gasteiger partial charge in [-0.3, -0.25) is 4.79 Å². The lowest BCUT2D eigenvalue weighted by Gasteiger charge is -2.33. The van der Waals surface area contributed by atoms with Gasteiger partial charge in [0.05, 0.1) is 12.0 Å². The van der Waals surface area contributed by atoms with Crippen LogP contribution in [0, 0.1) is 5.41 Å². The Balaban J connectivity index is 2.19. The molecule has 20 heavy (non-hydrogen) atoms. The monoisotopic (exact) mass is 282 g/mol. The van der Waals surface area contributed by atoms with Gasteiger partial charge in [-0.25, -0.2) is 4.68 Å². The fourth-order valence-corrected chi connectivity index (χ4v) is 2.73. The van der Waals surface area contributed by atoms with Gasteiger partial charge in [0.25, 0.3) is 0 Å². The highest BCUT2D eigenvalue weighted by Crippen LogP contribution is 2.33. The van der Waals surface area contributed by atoms with E-state index in [1.54, 1.807) is 4.68 Å². The maximum atomic E-state index is 11.7. The third kappa shape index (κ3) is 2.98. The highest BCUT2D eigenvalue weighted by molar-refractivity contribution is 5.74. The van der Waals surface area contributed by atoms with E-state index in [1.807, 2.05) is 0 Å². The van der Waals surface area contributed by atoms with Crippen LogP contribution in [-0.2, 0) is 16.1 Å². The summed E-state index contributed by atoms with van der Waals surface area (Å²) in [6, 6.07) is 0. The van der Waals surface area contributed by atoms with Crippen molar-refractivity contribution in [2.24, 2.45) is 5.41 Å². The van der Waals surface area contributed by atoms with Crippen molar-refractivity contribution in [2.45, 2.75) is 52.0 Å². The standard InChI is InChI=1S/C13H22N4O3/c1-3-4-10(2)11-14-15-16-17(11)9-13(12(18)19)5-7-20-8-6-13/h10H,3-9H2,1-2H3,(H,18,19). The third-order valence-corrected chi connectivity index (χ3v) is 4.08.